The van der Waals surface area contributed by atoms with Crippen molar-refractivity contribution in [1.82, 2.24) is 4.90 Å². The van der Waals surface area contributed by atoms with Crippen molar-refractivity contribution >= 4 is 11.9 Å². The second-order valence-electron chi connectivity index (χ2n) is 5.22. The van der Waals surface area contributed by atoms with Gasteiger partial charge in [-0.3, -0.25) is 4.79 Å². The molecule has 4 nitrogen and oxygen atoms in total. The molecule has 0 bridgehead atoms. The van der Waals surface area contributed by atoms with Crippen LogP contribution in [0.5, 0.6) is 0 Å². The standard InChI is InChI=1S/C15H19NO3/c1-10-6-3-4-8-12(10)14(17)16-9-5-7-11(2)13(16)15(18)19/h3-4,6,8,11,13H,5,7,9H2,1-2H3,(H,18,19). The Morgan fingerprint density at radius 3 is 2.63 bits per heavy atom. The van der Waals surface area contributed by atoms with Gasteiger partial charge >= 0.3 is 5.97 Å². The molecule has 19 heavy (non-hydrogen) atoms. The third kappa shape index (κ3) is 2.62. The number of rotatable bonds is 2. The van der Waals surface area contributed by atoms with Crippen molar-refractivity contribution in [1.29, 1.82) is 0 Å². The first-order valence-corrected chi connectivity index (χ1v) is 6.61. The Labute approximate surface area is 113 Å². The molecule has 1 aromatic rings. The Balaban J connectivity index is 2.31. The molecule has 1 aromatic carbocycles. The molecule has 2 rings (SSSR count). The van der Waals surface area contributed by atoms with E-state index in [4.69, 9.17) is 0 Å². The van der Waals surface area contributed by atoms with Gasteiger partial charge in [-0.05, 0) is 37.3 Å². The predicted molar refractivity (Wildman–Crippen MR) is 72.0 cm³/mol. The topological polar surface area (TPSA) is 57.6 Å². The molecule has 1 N–H and O–H groups in total. The molecule has 4 heteroatoms. The number of aliphatic carboxylic acids is 1. The van der Waals surface area contributed by atoms with Crippen LogP contribution in [-0.4, -0.2) is 34.5 Å². The lowest BCUT2D eigenvalue weighted by Crippen LogP contribution is -2.52. The molecule has 1 fully saturated rings. The second kappa shape index (κ2) is 5.43. The molecule has 1 saturated heterocycles. The molecule has 1 aliphatic rings. The summed E-state index contributed by atoms with van der Waals surface area (Å²) in [5.74, 6) is -1.08. The molecule has 0 spiro atoms. The molecule has 1 aliphatic heterocycles. The van der Waals surface area contributed by atoms with Gasteiger partial charge in [0, 0.05) is 12.1 Å². The number of carboxylic acid groups (broad SMARTS) is 1. The van der Waals surface area contributed by atoms with E-state index in [1.165, 1.54) is 4.90 Å². The fourth-order valence-corrected chi connectivity index (χ4v) is 2.76. The zero-order chi connectivity index (χ0) is 14.0. The van der Waals surface area contributed by atoms with Gasteiger partial charge in [-0.25, -0.2) is 4.79 Å². The minimum absolute atomic E-state index is 0.000724. The Hall–Kier alpha value is -1.84. The quantitative estimate of drug-likeness (QED) is 0.888. The third-order valence-corrected chi connectivity index (χ3v) is 3.82. The summed E-state index contributed by atoms with van der Waals surface area (Å²) in [5, 5.41) is 9.35. The van der Waals surface area contributed by atoms with Crippen molar-refractivity contribution in [3.8, 4) is 0 Å². The smallest absolute Gasteiger partial charge is 0.326 e. The SMILES string of the molecule is Cc1ccccc1C(=O)N1CCCC(C)C1C(=O)O. The van der Waals surface area contributed by atoms with Gasteiger partial charge in [-0.1, -0.05) is 25.1 Å². The summed E-state index contributed by atoms with van der Waals surface area (Å²) >= 11 is 0. The molecule has 2 unspecified atom stereocenters. The molecule has 1 amide bonds. The van der Waals surface area contributed by atoms with Crippen molar-refractivity contribution in [2.75, 3.05) is 6.54 Å². The van der Waals surface area contributed by atoms with E-state index in [-0.39, 0.29) is 11.8 Å². The van der Waals surface area contributed by atoms with E-state index in [1.807, 2.05) is 32.0 Å². The summed E-state index contributed by atoms with van der Waals surface area (Å²) in [6.07, 6.45) is 1.72. The summed E-state index contributed by atoms with van der Waals surface area (Å²) in [4.78, 5) is 25.5. The van der Waals surface area contributed by atoms with E-state index >= 15 is 0 Å². The first-order valence-electron chi connectivity index (χ1n) is 6.61. The first kappa shape index (κ1) is 13.6. The lowest BCUT2D eigenvalue weighted by atomic mass is 9.90. The van der Waals surface area contributed by atoms with Crippen LogP contribution in [0.15, 0.2) is 24.3 Å². The van der Waals surface area contributed by atoms with Gasteiger partial charge in [-0.15, -0.1) is 0 Å². The lowest BCUT2D eigenvalue weighted by Gasteiger charge is -2.37. The van der Waals surface area contributed by atoms with E-state index in [2.05, 4.69) is 0 Å². The molecule has 2 atom stereocenters. The number of hydrogen-bond acceptors (Lipinski definition) is 2. The fourth-order valence-electron chi connectivity index (χ4n) is 2.76. The average Bonchev–Trinajstić information content (AvgIpc) is 2.37. The van der Waals surface area contributed by atoms with Crippen molar-refractivity contribution in [2.45, 2.75) is 32.7 Å². The minimum atomic E-state index is -0.908. The van der Waals surface area contributed by atoms with Crippen LogP contribution >= 0.6 is 0 Å². The maximum absolute atomic E-state index is 12.5. The summed E-state index contributed by atoms with van der Waals surface area (Å²) in [6.45, 7) is 4.29. The number of likely N-dealkylation sites (tertiary alicyclic amines) is 1. The Morgan fingerprint density at radius 1 is 1.32 bits per heavy atom. The number of amides is 1. The van der Waals surface area contributed by atoms with Crippen molar-refractivity contribution in [3.05, 3.63) is 35.4 Å². The normalized spacial score (nSPS) is 23.2. The van der Waals surface area contributed by atoms with Crippen LogP contribution < -0.4 is 0 Å². The van der Waals surface area contributed by atoms with E-state index in [0.29, 0.717) is 12.1 Å². The van der Waals surface area contributed by atoms with Crippen molar-refractivity contribution in [2.24, 2.45) is 5.92 Å². The summed E-state index contributed by atoms with van der Waals surface area (Å²) in [7, 11) is 0. The van der Waals surface area contributed by atoms with Crippen LogP contribution in [0.1, 0.15) is 35.7 Å². The Morgan fingerprint density at radius 2 is 2.00 bits per heavy atom. The van der Waals surface area contributed by atoms with Crippen molar-refractivity contribution in [3.63, 3.8) is 0 Å². The molecule has 0 aromatic heterocycles. The predicted octanol–water partition coefficient (Wildman–Crippen LogP) is 2.32. The number of carbonyl (C=O) groups is 2. The van der Waals surface area contributed by atoms with Gasteiger partial charge in [0.15, 0.2) is 0 Å². The Kier molecular flexibility index (Phi) is 3.88. The summed E-state index contributed by atoms with van der Waals surface area (Å²) in [6, 6.07) is 6.61. The number of piperidine rings is 1. The molecular formula is C15H19NO3. The average molecular weight is 261 g/mol. The van der Waals surface area contributed by atoms with Crippen LogP contribution in [0, 0.1) is 12.8 Å². The van der Waals surface area contributed by atoms with Crippen LogP contribution in [0.25, 0.3) is 0 Å². The van der Waals surface area contributed by atoms with Crippen LogP contribution in [0.2, 0.25) is 0 Å². The van der Waals surface area contributed by atoms with Gasteiger partial charge in [0.1, 0.15) is 6.04 Å². The van der Waals surface area contributed by atoms with Crippen LogP contribution in [0.4, 0.5) is 0 Å². The zero-order valence-corrected chi connectivity index (χ0v) is 11.3. The molecule has 0 aliphatic carbocycles. The van der Waals surface area contributed by atoms with Gasteiger partial charge in [-0.2, -0.15) is 0 Å². The van der Waals surface area contributed by atoms with Crippen LogP contribution in [-0.2, 0) is 4.79 Å². The summed E-state index contributed by atoms with van der Waals surface area (Å²) in [5.41, 5.74) is 1.48. The maximum atomic E-state index is 12.5. The highest BCUT2D eigenvalue weighted by Crippen LogP contribution is 2.25. The number of carboxylic acids is 1. The molecule has 1 heterocycles. The number of carbonyl (C=O) groups excluding carboxylic acids is 1. The maximum Gasteiger partial charge on any atom is 0.326 e. The minimum Gasteiger partial charge on any atom is -0.480 e. The summed E-state index contributed by atoms with van der Waals surface area (Å²) < 4.78 is 0. The number of hydrogen-bond donors (Lipinski definition) is 1. The lowest BCUT2D eigenvalue weighted by molar-refractivity contribution is -0.145. The van der Waals surface area contributed by atoms with Gasteiger partial charge in [0.25, 0.3) is 5.91 Å². The zero-order valence-electron chi connectivity index (χ0n) is 11.3. The largest absolute Gasteiger partial charge is 0.480 e. The van der Waals surface area contributed by atoms with E-state index < -0.39 is 12.0 Å². The third-order valence-electron chi connectivity index (χ3n) is 3.82. The molecule has 0 radical (unpaired) electrons. The van der Waals surface area contributed by atoms with E-state index in [0.717, 1.165) is 18.4 Å². The number of benzene rings is 1. The highest BCUT2D eigenvalue weighted by molar-refractivity contribution is 5.98. The monoisotopic (exact) mass is 261 g/mol. The van der Waals surface area contributed by atoms with E-state index in [1.54, 1.807) is 6.07 Å². The van der Waals surface area contributed by atoms with Gasteiger partial charge in [0.2, 0.25) is 0 Å². The first-order chi connectivity index (χ1) is 9.02. The van der Waals surface area contributed by atoms with Gasteiger partial charge in [0.05, 0.1) is 0 Å². The van der Waals surface area contributed by atoms with Gasteiger partial charge < -0.3 is 10.0 Å². The van der Waals surface area contributed by atoms with Crippen molar-refractivity contribution < 1.29 is 14.7 Å². The number of aryl methyl sites for hydroxylation is 1. The number of nitrogens with zero attached hydrogens (tertiary/aromatic N) is 1. The highest BCUT2D eigenvalue weighted by atomic mass is 16.4. The fraction of sp³-hybridized carbons (Fsp3) is 0.467. The second-order valence-corrected chi connectivity index (χ2v) is 5.22. The van der Waals surface area contributed by atoms with E-state index in [9.17, 15) is 14.7 Å². The van der Waals surface area contributed by atoms with Crippen LogP contribution in [0.3, 0.4) is 0 Å². The molecule has 102 valence electrons. The highest BCUT2D eigenvalue weighted by Gasteiger charge is 2.37. The molecular weight excluding hydrogens is 242 g/mol. The Bertz CT molecular complexity index is 498. The molecule has 0 saturated carbocycles.